The Morgan fingerprint density at radius 2 is 2.08 bits per heavy atom. The lowest BCUT2D eigenvalue weighted by molar-refractivity contribution is -0.117. The van der Waals surface area contributed by atoms with Gasteiger partial charge in [0.1, 0.15) is 5.69 Å². The Morgan fingerprint density at radius 3 is 2.71 bits per heavy atom. The summed E-state index contributed by atoms with van der Waals surface area (Å²) < 4.78 is 1.44. The molecule has 2 aromatic heterocycles. The summed E-state index contributed by atoms with van der Waals surface area (Å²) in [6.45, 7) is 1.93. The van der Waals surface area contributed by atoms with Crippen LogP contribution in [0.25, 0.3) is 5.95 Å². The van der Waals surface area contributed by atoms with Gasteiger partial charge in [-0.15, -0.1) is 0 Å². The van der Waals surface area contributed by atoms with Crippen molar-refractivity contribution in [2.45, 2.75) is 19.3 Å². The van der Waals surface area contributed by atoms with E-state index in [0.29, 0.717) is 6.42 Å². The van der Waals surface area contributed by atoms with Crippen molar-refractivity contribution in [3.05, 3.63) is 70.9 Å². The summed E-state index contributed by atoms with van der Waals surface area (Å²) in [6.07, 6.45) is 5.22. The molecule has 7 nitrogen and oxygen atoms in total. The highest BCUT2D eigenvalue weighted by molar-refractivity contribution is 5.95. The topological polar surface area (TPSA) is 92.7 Å². The van der Waals surface area contributed by atoms with Gasteiger partial charge >= 0.3 is 0 Å². The minimum atomic E-state index is -0.424. The van der Waals surface area contributed by atoms with Gasteiger partial charge in [0.2, 0.25) is 11.9 Å². The molecule has 0 aliphatic rings. The van der Waals surface area contributed by atoms with E-state index in [-0.39, 0.29) is 23.5 Å². The lowest BCUT2D eigenvalue weighted by atomic mass is 9.95. The number of benzene rings is 1. The molecule has 7 heteroatoms. The molecule has 3 aromatic rings. The third kappa shape index (κ3) is 3.24. The van der Waals surface area contributed by atoms with Crippen molar-refractivity contribution >= 4 is 11.6 Å². The first-order chi connectivity index (χ1) is 11.7. The summed E-state index contributed by atoms with van der Waals surface area (Å²) in [7, 11) is 0. The number of carbonyl (C=O) groups is 1. The van der Waals surface area contributed by atoms with Crippen LogP contribution in [0.15, 0.2) is 59.8 Å². The molecule has 0 radical (unpaired) electrons. The number of carbonyl (C=O) groups excluding carboxylic acids is 1. The Bertz CT molecular complexity index is 872. The minimum absolute atomic E-state index is 0.116. The van der Waals surface area contributed by atoms with Crippen LogP contribution in [0.2, 0.25) is 0 Å². The summed E-state index contributed by atoms with van der Waals surface area (Å²) in [6, 6.07) is 11.2. The molecule has 0 aliphatic carbocycles. The zero-order chi connectivity index (χ0) is 16.9. The molecule has 0 spiro atoms. The molecule has 1 aromatic carbocycles. The van der Waals surface area contributed by atoms with Crippen molar-refractivity contribution in [2.24, 2.45) is 0 Å². The minimum Gasteiger partial charge on any atom is -0.320 e. The molecule has 122 valence electrons. The maximum absolute atomic E-state index is 12.5. The molecule has 0 aliphatic heterocycles. The lowest BCUT2D eigenvalue weighted by Gasteiger charge is -2.15. The fourth-order valence-electron chi connectivity index (χ4n) is 2.46. The van der Waals surface area contributed by atoms with Gasteiger partial charge in [-0.1, -0.05) is 37.3 Å². The molecule has 0 saturated heterocycles. The second kappa shape index (κ2) is 6.91. The number of anilines is 1. The van der Waals surface area contributed by atoms with Crippen LogP contribution in [0.1, 0.15) is 24.8 Å². The summed E-state index contributed by atoms with van der Waals surface area (Å²) in [4.78, 5) is 31.4. The van der Waals surface area contributed by atoms with E-state index in [2.05, 4.69) is 20.4 Å². The zero-order valence-electron chi connectivity index (χ0n) is 13.1. The van der Waals surface area contributed by atoms with Gasteiger partial charge in [0.05, 0.1) is 12.1 Å². The molecular formula is C17H17N5O2. The van der Waals surface area contributed by atoms with Gasteiger partial charge in [0.15, 0.2) is 0 Å². The lowest BCUT2D eigenvalue weighted by Crippen LogP contribution is -2.26. The van der Waals surface area contributed by atoms with Crippen molar-refractivity contribution in [3.8, 4) is 5.95 Å². The first-order valence-electron chi connectivity index (χ1n) is 7.64. The second-order valence-electron chi connectivity index (χ2n) is 5.26. The van der Waals surface area contributed by atoms with Gasteiger partial charge in [0, 0.05) is 12.4 Å². The highest BCUT2D eigenvalue weighted by Gasteiger charge is 2.19. The molecule has 0 bridgehead atoms. The SMILES string of the molecule is CCC(C(=O)Nc1cnc(-n2cccn2)[nH]c1=O)c1ccccc1. The monoisotopic (exact) mass is 323 g/mol. The van der Waals surface area contributed by atoms with E-state index >= 15 is 0 Å². The average Bonchev–Trinajstić information content (AvgIpc) is 3.13. The fraction of sp³-hybridized carbons (Fsp3) is 0.176. The number of nitrogens with one attached hydrogen (secondary N) is 2. The van der Waals surface area contributed by atoms with Gasteiger partial charge in [-0.2, -0.15) is 5.10 Å². The first kappa shape index (κ1) is 15.7. The van der Waals surface area contributed by atoms with Gasteiger partial charge < -0.3 is 5.32 Å². The van der Waals surface area contributed by atoms with E-state index in [1.54, 1.807) is 18.5 Å². The van der Waals surface area contributed by atoms with Crippen LogP contribution in [0.5, 0.6) is 0 Å². The van der Waals surface area contributed by atoms with E-state index in [1.807, 2.05) is 37.3 Å². The van der Waals surface area contributed by atoms with Crippen LogP contribution >= 0.6 is 0 Å². The Kier molecular flexibility index (Phi) is 4.51. The number of amides is 1. The van der Waals surface area contributed by atoms with Crippen LogP contribution < -0.4 is 10.9 Å². The van der Waals surface area contributed by atoms with Crippen molar-refractivity contribution in [3.63, 3.8) is 0 Å². The normalized spacial score (nSPS) is 11.9. The van der Waals surface area contributed by atoms with E-state index in [4.69, 9.17) is 0 Å². The quantitative estimate of drug-likeness (QED) is 0.752. The molecule has 24 heavy (non-hydrogen) atoms. The number of rotatable bonds is 5. The zero-order valence-corrected chi connectivity index (χ0v) is 13.1. The summed E-state index contributed by atoms with van der Waals surface area (Å²) >= 11 is 0. The molecule has 1 atom stereocenters. The Morgan fingerprint density at radius 1 is 1.29 bits per heavy atom. The predicted octanol–water partition coefficient (Wildman–Crippen LogP) is 2.09. The third-order valence-corrected chi connectivity index (χ3v) is 3.69. The number of nitrogens with zero attached hydrogens (tertiary/aromatic N) is 3. The first-order valence-corrected chi connectivity index (χ1v) is 7.64. The summed E-state index contributed by atoms with van der Waals surface area (Å²) in [5.41, 5.74) is 0.604. The molecule has 2 heterocycles. The van der Waals surface area contributed by atoms with Gasteiger partial charge in [-0.25, -0.2) is 9.67 Å². The van der Waals surface area contributed by atoms with Crippen LogP contribution in [0, 0.1) is 0 Å². The van der Waals surface area contributed by atoms with Crippen LogP contribution in [-0.2, 0) is 4.79 Å². The van der Waals surface area contributed by atoms with Crippen molar-refractivity contribution in [1.29, 1.82) is 0 Å². The van der Waals surface area contributed by atoms with Gasteiger partial charge in [-0.05, 0) is 18.1 Å². The predicted molar refractivity (Wildman–Crippen MR) is 90.1 cm³/mol. The molecule has 0 fully saturated rings. The number of hydrogen-bond donors (Lipinski definition) is 2. The van der Waals surface area contributed by atoms with Crippen molar-refractivity contribution < 1.29 is 4.79 Å². The maximum Gasteiger partial charge on any atom is 0.276 e. The fourth-order valence-corrected chi connectivity index (χ4v) is 2.46. The largest absolute Gasteiger partial charge is 0.320 e. The molecular weight excluding hydrogens is 306 g/mol. The second-order valence-corrected chi connectivity index (χ2v) is 5.26. The Balaban J connectivity index is 1.80. The van der Waals surface area contributed by atoms with E-state index < -0.39 is 5.56 Å². The number of aromatic nitrogens is 4. The van der Waals surface area contributed by atoms with E-state index in [9.17, 15) is 9.59 Å². The van der Waals surface area contributed by atoms with Gasteiger partial charge in [0.25, 0.3) is 5.56 Å². The number of H-pyrrole nitrogens is 1. The highest BCUT2D eigenvalue weighted by atomic mass is 16.2. The van der Waals surface area contributed by atoms with Crippen LogP contribution in [-0.4, -0.2) is 25.7 Å². The van der Waals surface area contributed by atoms with Crippen molar-refractivity contribution in [2.75, 3.05) is 5.32 Å². The van der Waals surface area contributed by atoms with Crippen LogP contribution in [0.4, 0.5) is 5.69 Å². The summed E-state index contributed by atoms with van der Waals surface area (Å²) in [5.74, 6) is -0.266. The smallest absolute Gasteiger partial charge is 0.276 e. The molecule has 2 N–H and O–H groups in total. The van der Waals surface area contributed by atoms with E-state index in [1.165, 1.54) is 10.9 Å². The standard InChI is InChI=1S/C17H17N5O2/c1-2-13(12-7-4-3-5-8-12)15(23)20-14-11-18-17(21-16(14)24)22-10-6-9-19-22/h3-11,13H,2H2,1H3,(H,20,23)(H,18,21,24). The maximum atomic E-state index is 12.5. The van der Waals surface area contributed by atoms with Crippen LogP contribution in [0.3, 0.4) is 0 Å². The highest BCUT2D eigenvalue weighted by Crippen LogP contribution is 2.20. The molecule has 1 amide bonds. The molecule has 0 saturated carbocycles. The Hall–Kier alpha value is -3.22. The summed E-state index contributed by atoms with van der Waals surface area (Å²) in [5, 5.41) is 6.65. The van der Waals surface area contributed by atoms with E-state index in [0.717, 1.165) is 5.56 Å². The van der Waals surface area contributed by atoms with Gasteiger partial charge in [-0.3, -0.25) is 14.6 Å². The average molecular weight is 323 g/mol. The number of hydrogen-bond acceptors (Lipinski definition) is 4. The van der Waals surface area contributed by atoms with Crippen molar-refractivity contribution in [1.82, 2.24) is 19.7 Å². The molecule has 3 rings (SSSR count). The molecule has 1 unspecified atom stereocenters. The Labute approximate surface area is 138 Å². The number of aromatic amines is 1. The third-order valence-electron chi connectivity index (χ3n) is 3.69.